The van der Waals surface area contributed by atoms with Gasteiger partial charge < -0.3 is 10.6 Å². The van der Waals surface area contributed by atoms with Gasteiger partial charge in [-0.2, -0.15) is 13.2 Å². The van der Waals surface area contributed by atoms with Gasteiger partial charge in [0.1, 0.15) is 17.3 Å². The number of aromatic nitrogens is 2. The second kappa shape index (κ2) is 12.7. The van der Waals surface area contributed by atoms with E-state index in [4.69, 9.17) is 5.73 Å². The summed E-state index contributed by atoms with van der Waals surface area (Å²) in [6, 6.07) is 16.7. The van der Waals surface area contributed by atoms with E-state index in [-0.39, 0.29) is 23.5 Å². The van der Waals surface area contributed by atoms with Gasteiger partial charge in [-0.3, -0.25) is 18.8 Å². The van der Waals surface area contributed by atoms with Gasteiger partial charge >= 0.3 is 11.9 Å². The van der Waals surface area contributed by atoms with E-state index in [1.165, 1.54) is 22.8 Å². The number of hydrogen-bond acceptors (Lipinski definition) is 5. The quantitative estimate of drug-likeness (QED) is 0.292. The maximum atomic E-state index is 14.7. The minimum absolute atomic E-state index is 0.150. The summed E-state index contributed by atoms with van der Waals surface area (Å²) in [7, 11) is 0. The molecule has 2 N–H and O–H groups in total. The van der Waals surface area contributed by atoms with Crippen LogP contribution in [0.15, 0.2) is 82.4 Å². The normalized spacial score (nSPS) is 15.0. The van der Waals surface area contributed by atoms with Crippen LogP contribution in [0.3, 0.4) is 0 Å². The van der Waals surface area contributed by atoms with Gasteiger partial charge in [-0.1, -0.05) is 48.5 Å². The van der Waals surface area contributed by atoms with Crippen LogP contribution in [-0.2, 0) is 25.8 Å². The van der Waals surface area contributed by atoms with Crippen molar-refractivity contribution in [1.82, 2.24) is 14.0 Å². The summed E-state index contributed by atoms with van der Waals surface area (Å²) in [6.45, 7) is 3.17. The molecule has 1 saturated heterocycles. The average Bonchev–Trinajstić information content (AvgIpc) is 3.00. The van der Waals surface area contributed by atoms with Gasteiger partial charge in [0.25, 0.3) is 5.56 Å². The summed E-state index contributed by atoms with van der Waals surface area (Å²) in [5.41, 5.74) is 6.03. The number of alkyl halides is 3. The van der Waals surface area contributed by atoms with Gasteiger partial charge in [0.05, 0.1) is 18.7 Å². The summed E-state index contributed by atoms with van der Waals surface area (Å²) in [6.07, 6.45) is -4.41. The fraction of sp³-hybridized carbons (Fsp3) is 0.312. The number of anilines is 1. The molecule has 2 heterocycles. The molecule has 1 fully saturated rings. The molecule has 12 heteroatoms. The van der Waals surface area contributed by atoms with Crippen LogP contribution in [0, 0.1) is 18.6 Å². The fourth-order valence-corrected chi connectivity index (χ4v) is 5.53. The number of nitrogens with zero attached hydrogens (tertiary/aromatic N) is 4. The first-order chi connectivity index (χ1) is 20.9. The van der Waals surface area contributed by atoms with Crippen LogP contribution in [0.2, 0.25) is 0 Å². The van der Waals surface area contributed by atoms with Crippen LogP contribution in [0.4, 0.5) is 27.6 Å². The molecule has 0 saturated carbocycles. The zero-order valence-corrected chi connectivity index (χ0v) is 24.0. The maximum absolute atomic E-state index is 14.7. The predicted molar refractivity (Wildman–Crippen MR) is 157 cm³/mol. The highest BCUT2D eigenvalue weighted by Crippen LogP contribution is 2.29. The van der Waals surface area contributed by atoms with E-state index >= 15 is 0 Å². The van der Waals surface area contributed by atoms with E-state index in [1.54, 1.807) is 31.2 Å². The Hall–Kier alpha value is -4.29. The Labute approximate surface area is 250 Å². The Morgan fingerprint density at radius 3 is 2.00 bits per heavy atom. The molecule has 0 spiro atoms. The highest BCUT2D eigenvalue weighted by atomic mass is 19.4. The van der Waals surface area contributed by atoms with Crippen molar-refractivity contribution >= 4 is 5.69 Å². The number of hydrogen-bond donors (Lipinski definition) is 1. The Morgan fingerprint density at radius 2 is 1.41 bits per heavy atom. The molecular weight excluding hydrogens is 581 g/mol. The highest BCUT2D eigenvalue weighted by Gasteiger charge is 2.30. The lowest BCUT2D eigenvalue weighted by molar-refractivity contribution is -0.137. The van der Waals surface area contributed by atoms with Crippen molar-refractivity contribution in [3.05, 3.63) is 133 Å². The number of halogens is 5. The molecule has 1 unspecified atom stereocenters. The van der Waals surface area contributed by atoms with Crippen molar-refractivity contribution in [2.24, 2.45) is 5.73 Å². The average molecular weight is 614 g/mol. The van der Waals surface area contributed by atoms with Crippen molar-refractivity contribution in [3.8, 4) is 0 Å². The third-order valence-electron chi connectivity index (χ3n) is 8.02. The van der Waals surface area contributed by atoms with Crippen LogP contribution >= 0.6 is 0 Å². The monoisotopic (exact) mass is 613 g/mol. The molecule has 5 rings (SSSR count). The van der Waals surface area contributed by atoms with Crippen molar-refractivity contribution in [2.45, 2.75) is 38.8 Å². The third-order valence-corrected chi connectivity index (χ3v) is 8.02. The number of rotatable bonds is 8. The Balaban J connectivity index is 1.45. The third kappa shape index (κ3) is 6.61. The number of nitrogens with two attached hydrogens (primary N) is 1. The molecule has 1 atom stereocenters. The smallest absolute Gasteiger partial charge is 0.363 e. The van der Waals surface area contributed by atoms with E-state index in [9.17, 15) is 31.5 Å². The van der Waals surface area contributed by atoms with Crippen molar-refractivity contribution in [2.75, 3.05) is 31.1 Å². The zero-order chi connectivity index (χ0) is 31.6. The molecule has 0 aliphatic carbocycles. The van der Waals surface area contributed by atoms with Crippen molar-refractivity contribution < 1.29 is 22.0 Å². The van der Waals surface area contributed by atoms with Gasteiger partial charge in [-0.05, 0) is 42.3 Å². The predicted octanol–water partition coefficient (Wildman–Crippen LogP) is 4.69. The molecule has 4 aromatic rings. The SMILES string of the molecule is Cc1c(N2CCN(Cc3ccc(C(F)(F)F)cc3)CC2)c(=O)n(CC(N)c2ccccc2)c(=O)n1Cc1c(F)cccc1F. The van der Waals surface area contributed by atoms with Gasteiger partial charge in [0.15, 0.2) is 0 Å². The summed E-state index contributed by atoms with van der Waals surface area (Å²) in [4.78, 5) is 31.5. The van der Waals surface area contributed by atoms with Gasteiger partial charge in [-0.15, -0.1) is 0 Å². The first-order valence-electron chi connectivity index (χ1n) is 14.1. The molecule has 232 valence electrons. The van der Waals surface area contributed by atoms with Crippen LogP contribution < -0.4 is 21.9 Å². The van der Waals surface area contributed by atoms with Crippen LogP contribution in [0.1, 0.15) is 34.0 Å². The van der Waals surface area contributed by atoms with Gasteiger partial charge in [0, 0.05) is 50.0 Å². The molecular formula is C32H32F5N5O2. The topological polar surface area (TPSA) is 76.5 Å². The molecule has 1 aliphatic heterocycles. The lowest BCUT2D eigenvalue weighted by atomic mass is 10.1. The molecule has 1 aliphatic rings. The molecule has 3 aromatic carbocycles. The number of benzene rings is 3. The standard InChI is InChI=1S/C32H32F5N5O2/c1-21-29(40-16-14-39(15-17-40)18-22-10-12-24(13-11-22)32(35,36)37)30(43)42(20-28(38)23-6-3-2-4-7-23)31(44)41(21)19-25-26(33)8-5-9-27(25)34/h2-13,28H,14-20,38H2,1H3. The lowest BCUT2D eigenvalue weighted by Crippen LogP contribution is -2.51. The molecule has 7 nitrogen and oxygen atoms in total. The van der Waals surface area contributed by atoms with E-state index in [1.807, 2.05) is 11.0 Å². The minimum Gasteiger partial charge on any atom is -0.363 e. The number of piperazine rings is 1. The maximum Gasteiger partial charge on any atom is 0.416 e. The van der Waals surface area contributed by atoms with Gasteiger partial charge in [-0.25, -0.2) is 13.6 Å². The van der Waals surface area contributed by atoms with Crippen LogP contribution in [0.5, 0.6) is 0 Å². The Morgan fingerprint density at radius 1 is 0.795 bits per heavy atom. The molecule has 44 heavy (non-hydrogen) atoms. The first-order valence-corrected chi connectivity index (χ1v) is 14.1. The second-order valence-electron chi connectivity index (χ2n) is 10.9. The summed E-state index contributed by atoms with van der Waals surface area (Å²) < 4.78 is 70.3. The van der Waals surface area contributed by atoms with Crippen LogP contribution in [0.25, 0.3) is 0 Å². The van der Waals surface area contributed by atoms with E-state index in [0.717, 1.165) is 34.4 Å². The first kappa shape index (κ1) is 31.1. The minimum atomic E-state index is -4.41. The zero-order valence-electron chi connectivity index (χ0n) is 24.0. The van der Waals surface area contributed by atoms with Crippen LogP contribution in [-0.4, -0.2) is 40.2 Å². The molecule has 0 amide bonds. The van der Waals surface area contributed by atoms with E-state index in [0.29, 0.717) is 38.3 Å². The van der Waals surface area contributed by atoms with Gasteiger partial charge in [0.2, 0.25) is 0 Å². The highest BCUT2D eigenvalue weighted by molar-refractivity contribution is 5.50. The Kier molecular flexibility index (Phi) is 9.02. The largest absolute Gasteiger partial charge is 0.416 e. The summed E-state index contributed by atoms with van der Waals surface area (Å²) in [5.74, 6) is -1.62. The second-order valence-corrected chi connectivity index (χ2v) is 10.9. The van der Waals surface area contributed by atoms with E-state index in [2.05, 4.69) is 4.90 Å². The van der Waals surface area contributed by atoms with Crippen molar-refractivity contribution in [3.63, 3.8) is 0 Å². The molecule has 0 bridgehead atoms. The molecule has 0 radical (unpaired) electrons. The Bertz CT molecular complexity index is 1710. The fourth-order valence-electron chi connectivity index (χ4n) is 5.53. The summed E-state index contributed by atoms with van der Waals surface area (Å²) >= 11 is 0. The lowest BCUT2D eigenvalue weighted by Gasteiger charge is -2.37. The summed E-state index contributed by atoms with van der Waals surface area (Å²) in [5, 5.41) is 0. The molecule has 1 aromatic heterocycles. The van der Waals surface area contributed by atoms with Crippen molar-refractivity contribution in [1.29, 1.82) is 0 Å². The van der Waals surface area contributed by atoms with E-state index < -0.39 is 47.2 Å².